The molecule has 90 valence electrons. The lowest BCUT2D eigenvalue weighted by atomic mass is 10.2. The predicted molar refractivity (Wildman–Crippen MR) is 74.1 cm³/mol. The van der Waals surface area contributed by atoms with Gasteiger partial charge in [-0.1, -0.05) is 41.9 Å². The highest BCUT2D eigenvalue weighted by Crippen LogP contribution is 2.26. The highest BCUT2D eigenvalue weighted by Gasteiger charge is 2.03. The zero-order valence-electron chi connectivity index (χ0n) is 9.69. The molecule has 0 aliphatic heterocycles. The van der Waals surface area contributed by atoms with Gasteiger partial charge >= 0.3 is 0 Å². The maximum Gasteiger partial charge on any atom is 0.121 e. The van der Waals surface area contributed by atoms with Gasteiger partial charge in [-0.2, -0.15) is 0 Å². The third kappa shape index (κ3) is 2.20. The third-order valence-corrected chi connectivity index (χ3v) is 3.16. The Morgan fingerprint density at radius 1 is 1.06 bits per heavy atom. The molecule has 0 aliphatic rings. The van der Waals surface area contributed by atoms with Gasteiger partial charge in [-0.15, -0.1) is 0 Å². The Morgan fingerprint density at radius 2 is 1.89 bits per heavy atom. The summed E-state index contributed by atoms with van der Waals surface area (Å²) in [5.74, 6) is 0.838. The first-order valence-electron chi connectivity index (χ1n) is 5.76. The van der Waals surface area contributed by atoms with Gasteiger partial charge in [-0.05, 0) is 17.7 Å². The van der Waals surface area contributed by atoms with Crippen molar-refractivity contribution in [2.75, 3.05) is 0 Å². The number of H-pyrrole nitrogens is 1. The molecular weight excluding hydrogens is 246 g/mol. The third-order valence-electron chi connectivity index (χ3n) is 2.85. The Balaban J connectivity index is 1.79. The number of aromatic nitrogens is 1. The number of rotatable bonds is 3. The standard InChI is InChI=1S/C15H12ClNO/c16-14-9-17-15-8-12(6-7-13(14)15)18-10-11-4-2-1-3-5-11/h1-9,17H,10H2. The molecule has 3 heteroatoms. The number of aromatic amines is 1. The highest BCUT2D eigenvalue weighted by molar-refractivity contribution is 6.35. The number of halogens is 1. The minimum Gasteiger partial charge on any atom is -0.489 e. The fourth-order valence-corrected chi connectivity index (χ4v) is 2.12. The molecule has 0 saturated heterocycles. The van der Waals surface area contributed by atoms with Gasteiger partial charge in [-0.3, -0.25) is 0 Å². The molecule has 0 atom stereocenters. The molecule has 0 saturated carbocycles. The van der Waals surface area contributed by atoms with Crippen molar-refractivity contribution in [3.63, 3.8) is 0 Å². The van der Waals surface area contributed by atoms with E-state index in [0.717, 1.165) is 27.2 Å². The topological polar surface area (TPSA) is 25.0 Å². The van der Waals surface area contributed by atoms with E-state index >= 15 is 0 Å². The molecule has 0 aliphatic carbocycles. The summed E-state index contributed by atoms with van der Waals surface area (Å²) in [7, 11) is 0. The van der Waals surface area contributed by atoms with Crippen LogP contribution in [0.25, 0.3) is 10.9 Å². The van der Waals surface area contributed by atoms with Crippen LogP contribution in [0.4, 0.5) is 0 Å². The number of ether oxygens (including phenoxy) is 1. The molecule has 2 nitrogen and oxygen atoms in total. The molecule has 0 radical (unpaired) electrons. The van der Waals surface area contributed by atoms with Crippen molar-refractivity contribution < 1.29 is 4.74 Å². The average molecular weight is 258 g/mol. The van der Waals surface area contributed by atoms with Crippen LogP contribution in [0.1, 0.15) is 5.56 Å². The van der Waals surface area contributed by atoms with E-state index in [-0.39, 0.29) is 0 Å². The van der Waals surface area contributed by atoms with Crippen LogP contribution in [0, 0.1) is 0 Å². The van der Waals surface area contributed by atoms with Crippen LogP contribution in [0.15, 0.2) is 54.7 Å². The molecular formula is C15H12ClNO. The van der Waals surface area contributed by atoms with Crippen LogP contribution in [-0.2, 0) is 6.61 Å². The van der Waals surface area contributed by atoms with Crippen molar-refractivity contribution in [2.45, 2.75) is 6.61 Å². The van der Waals surface area contributed by atoms with E-state index in [9.17, 15) is 0 Å². The fraction of sp³-hybridized carbons (Fsp3) is 0.0667. The Kier molecular flexibility index (Phi) is 2.95. The van der Waals surface area contributed by atoms with Crippen LogP contribution in [0.2, 0.25) is 5.02 Å². The van der Waals surface area contributed by atoms with Crippen molar-refractivity contribution in [3.05, 3.63) is 65.3 Å². The molecule has 0 bridgehead atoms. The van der Waals surface area contributed by atoms with Crippen LogP contribution in [-0.4, -0.2) is 4.98 Å². The second-order valence-corrected chi connectivity index (χ2v) is 4.53. The van der Waals surface area contributed by atoms with E-state index in [2.05, 4.69) is 4.98 Å². The SMILES string of the molecule is Clc1c[nH]c2cc(OCc3ccccc3)ccc12. The van der Waals surface area contributed by atoms with Crippen molar-refractivity contribution in [2.24, 2.45) is 0 Å². The average Bonchev–Trinajstić information content (AvgIpc) is 2.79. The van der Waals surface area contributed by atoms with Crippen LogP contribution in [0.3, 0.4) is 0 Å². The minimum atomic E-state index is 0.570. The van der Waals surface area contributed by atoms with Crippen LogP contribution in [0.5, 0.6) is 5.75 Å². The van der Waals surface area contributed by atoms with Gasteiger partial charge in [0.2, 0.25) is 0 Å². The molecule has 0 unspecified atom stereocenters. The lowest BCUT2D eigenvalue weighted by molar-refractivity contribution is 0.306. The van der Waals surface area contributed by atoms with E-state index in [1.807, 2.05) is 48.5 Å². The number of nitrogens with one attached hydrogen (secondary N) is 1. The van der Waals surface area contributed by atoms with Crippen LogP contribution < -0.4 is 4.74 Å². The van der Waals surface area contributed by atoms with Crippen molar-refractivity contribution in [1.29, 1.82) is 0 Å². The maximum atomic E-state index is 6.03. The van der Waals surface area contributed by atoms with Crippen molar-refractivity contribution >= 4 is 22.5 Å². The smallest absolute Gasteiger partial charge is 0.121 e. The Hall–Kier alpha value is -1.93. The first-order valence-corrected chi connectivity index (χ1v) is 6.14. The number of hydrogen-bond acceptors (Lipinski definition) is 1. The maximum absolute atomic E-state index is 6.03. The zero-order valence-corrected chi connectivity index (χ0v) is 10.4. The van der Waals surface area contributed by atoms with Gasteiger partial charge in [0, 0.05) is 17.6 Å². The second kappa shape index (κ2) is 4.75. The second-order valence-electron chi connectivity index (χ2n) is 4.12. The Labute approximate surface area is 110 Å². The van der Waals surface area contributed by atoms with Gasteiger partial charge < -0.3 is 9.72 Å². The normalized spacial score (nSPS) is 10.7. The Bertz CT molecular complexity index is 661. The lowest BCUT2D eigenvalue weighted by Crippen LogP contribution is -1.94. The summed E-state index contributed by atoms with van der Waals surface area (Å²) < 4.78 is 5.75. The largest absolute Gasteiger partial charge is 0.489 e. The highest BCUT2D eigenvalue weighted by atomic mass is 35.5. The monoisotopic (exact) mass is 257 g/mol. The summed E-state index contributed by atoms with van der Waals surface area (Å²) in [6.45, 7) is 0.570. The number of benzene rings is 2. The lowest BCUT2D eigenvalue weighted by Gasteiger charge is -2.06. The van der Waals surface area contributed by atoms with Gasteiger partial charge in [0.15, 0.2) is 0 Å². The molecule has 2 aromatic carbocycles. The van der Waals surface area contributed by atoms with Crippen molar-refractivity contribution in [1.82, 2.24) is 4.98 Å². The predicted octanol–water partition coefficient (Wildman–Crippen LogP) is 4.40. The first-order chi connectivity index (χ1) is 8.83. The van der Waals surface area contributed by atoms with Gasteiger partial charge in [0.1, 0.15) is 12.4 Å². The number of fused-ring (bicyclic) bond motifs is 1. The fourth-order valence-electron chi connectivity index (χ4n) is 1.90. The summed E-state index contributed by atoms with van der Waals surface area (Å²) in [6.07, 6.45) is 1.78. The molecule has 1 heterocycles. The van der Waals surface area contributed by atoms with Gasteiger partial charge in [0.05, 0.1) is 10.5 Å². The molecule has 1 aromatic heterocycles. The van der Waals surface area contributed by atoms with E-state index in [0.29, 0.717) is 6.61 Å². The summed E-state index contributed by atoms with van der Waals surface area (Å²) >= 11 is 6.03. The summed E-state index contributed by atoms with van der Waals surface area (Å²) in [4.78, 5) is 3.11. The molecule has 0 spiro atoms. The van der Waals surface area contributed by atoms with E-state index in [4.69, 9.17) is 16.3 Å². The van der Waals surface area contributed by atoms with E-state index in [1.165, 1.54) is 0 Å². The summed E-state index contributed by atoms with van der Waals surface area (Å²) in [6, 6.07) is 16.0. The van der Waals surface area contributed by atoms with E-state index < -0.39 is 0 Å². The summed E-state index contributed by atoms with van der Waals surface area (Å²) in [5.41, 5.74) is 2.15. The van der Waals surface area contributed by atoms with Gasteiger partial charge in [-0.25, -0.2) is 0 Å². The molecule has 3 aromatic rings. The number of hydrogen-bond donors (Lipinski definition) is 1. The Morgan fingerprint density at radius 3 is 2.72 bits per heavy atom. The molecule has 3 rings (SSSR count). The molecule has 0 fully saturated rings. The quantitative estimate of drug-likeness (QED) is 0.739. The van der Waals surface area contributed by atoms with Gasteiger partial charge in [0.25, 0.3) is 0 Å². The first kappa shape index (κ1) is 11.2. The van der Waals surface area contributed by atoms with Crippen molar-refractivity contribution in [3.8, 4) is 5.75 Å². The molecule has 1 N–H and O–H groups in total. The van der Waals surface area contributed by atoms with Crippen LogP contribution >= 0.6 is 11.6 Å². The molecule has 0 amide bonds. The zero-order chi connectivity index (χ0) is 12.4. The molecule has 18 heavy (non-hydrogen) atoms. The summed E-state index contributed by atoms with van der Waals surface area (Å²) in [5, 5.41) is 1.75. The minimum absolute atomic E-state index is 0.570. The van der Waals surface area contributed by atoms with E-state index in [1.54, 1.807) is 6.20 Å².